The molecule has 7 nitrogen and oxygen atoms in total. The molecule has 0 unspecified atom stereocenters. The van der Waals surface area contributed by atoms with Crippen molar-refractivity contribution in [3.8, 4) is 11.3 Å². The second-order valence-corrected chi connectivity index (χ2v) is 7.05. The lowest BCUT2D eigenvalue weighted by atomic mass is 10.0. The number of carboxylic acid groups (broad SMARTS) is 1. The van der Waals surface area contributed by atoms with Gasteiger partial charge in [-0.15, -0.1) is 0 Å². The number of aryl methyl sites for hydroxylation is 1. The first kappa shape index (κ1) is 21.9. The summed E-state index contributed by atoms with van der Waals surface area (Å²) in [7, 11) is 0. The maximum Gasteiger partial charge on any atom is 0.303 e. The summed E-state index contributed by atoms with van der Waals surface area (Å²) < 4.78 is 2.03. The second kappa shape index (κ2) is 10.2. The monoisotopic (exact) mass is 406 g/mol. The average Bonchev–Trinajstić information content (AvgIpc) is 3.09. The van der Waals surface area contributed by atoms with Gasteiger partial charge in [0.05, 0.1) is 11.7 Å². The Hall–Kier alpha value is -2.38. The van der Waals surface area contributed by atoms with E-state index >= 15 is 0 Å². The number of aromatic nitrogens is 2. The molecule has 1 aromatic carbocycles. The van der Waals surface area contributed by atoms with Gasteiger partial charge in [-0.3, -0.25) is 9.59 Å². The lowest BCUT2D eigenvalue weighted by molar-refractivity contribution is -0.137. The number of nitrogens with zero attached hydrogens (tertiary/aromatic N) is 2. The molecule has 2 rings (SSSR count). The molecular formula is C20H27ClN4O3. The van der Waals surface area contributed by atoms with Crippen molar-refractivity contribution in [2.24, 2.45) is 0 Å². The van der Waals surface area contributed by atoms with Gasteiger partial charge >= 0.3 is 5.97 Å². The van der Waals surface area contributed by atoms with Gasteiger partial charge in [0.1, 0.15) is 5.82 Å². The van der Waals surface area contributed by atoms with Gasteiger partial charge < -0.3 is 15.0 Å². The number of carbonyl (C=O) groups excluding carboxylic acids is 1. The first-order chi connectivity index (χ1) is 13.3. The number of nitrogens with one attached hydrogen (secondary N) is 2. The normalized spacial score (nSPS) is 13.1. The molecule has 1 amide bonds. The van der Waals surface area contributed by atoms with Crippen molar-refractivity contribution < 1.29 is 14.7 Å². The van der Waals surface area contributed by atoms with E-state index in [1.807, 2.05) is 48.9 Å². The molecule has 0 spiro atoms. The quantitative estimate of drug-likeness (QED) is 0.526. The highest BCUT2D eigenvalue weighted by molar-refractivity contribution is 6.13. The summed E-state index contributed by atoms with van der Waals surface area (Å²) in [5.41, 5.74) is 2.89. The molecule has 0 radical (unpaired) electrons. The number of amides is 1. The van der Waals surface area contributed by atoms with Gasteiger partial charge in [-0.05, 0) is 44.0 Å². The van der Waals surface area contributed by atoms with Crippen molar-refractivity contribution in [1.29, 1.82) is 0 Å². The predicted molar refractivity (Wildman–Crippen MR) is 109 cm³/mol. The zero-order chi connectivity index (χ0) is 20.7. The third-order valence-electron chi connectivity index (χ3n) is 4.55. The summed E-state index contributed by atoms with van der Waals surface area (Å²) in [4.78, 5) is 29.4. The molecule has 2 aromatic rings. The smallest absolute Gasteiger partial charge is 0.303 e. The maximum absolute atomic E-state index is 11.3. The van der Waals surface area contributed by atoms with Gasteiger partial charge in [0.25, 0.3) is 0 Å². The summed E-state index contributed by atoms with van der Waals surface area (Å²) in [6, 6.07) is 7.71. The van der Waals surface area contributed by atoms with Crippen LogP contribution in [-0.2, 0) is 22.6 Å². The van der Waals surface area contributed by atoms with Crippen LogP contribution in [0.5, 0.6) is 0 Å². The maximum atomic E-state index is 11.3. The number of halogens is 1. The third kappa shape index (κ3) is 6.07. The van der Waals surface area contributed by atoms with Crippen molar-refractivity contribution in [1.82, 2.24) is 19.7 Å². The largest absolute Gasteiger partial charge is 0.481 e. The summed E-state index contributed by atoms with van der Waals surface area (Å²) >= 11 is 5.74. The zero-order valence-electron chi connectivity index (χ0n) is 16.4. The molecule has 2 atom stereocenters. The van der Waals surface area contributed by atoms with E-state index in [9.17, 15) is 9.59 Å². The fourth-order valence-electron chi connectivity index (χ4n) is 3.13. The van der Waals surface area contributed by atoms with Gasteiger partial charge in [0.2, 0.25) is 5.91 Å². The zero-order valence-corrected chi connectivity index (χ0v) is 17.2. The Morgan fingerprint density at radius 3 is 2.50 bits per heavy atom. The van der Waals surface area contributed by atoms with Crippen LogP contribution in [0, 0.1) is 0 Å². The van der Waals surface area contributed by atoms with E-state index in [1.165, 1.54) is 6.92 Å². The molecule has 3 N–H and O–H groups in total. The second-order valence-electron chi connectivity index (χ2n) is 6.83. The number of imidazole rings is 1. The lowest BCUT2D eigenvalue weighted by Crippen LogP contribution is -2.26. The number of rotatable bonds is 10. The SMILES string of the molecule is CCn1cc(-c2ccc(C[C@@H](CCC(=O)O)NCl)cc2)nc1[C@@H](C)NC(C)=O. The fourth-order valence-corrected chi connectivity index (χ4v) is 3.31. The summed E-state index contributed by atoms with van der Waals surface area (Å²) in [6.07, 6.45) is 3.17. The van der Waals surface area contributed by atoms with E-state index < -0.39 is 5.97 Å². The van der Waals surface area contributed by atoms with E-state index in [4.69, 9.17) is 21.9 Å². The van der Waals surface area contributed by atoms with Crippen LogP contribution in [-0.4, -0.2) is 32.6 Å². The molecule has 0 aliphatic rings. The molecule has 0 aliphatic carbocycles. The van der Waals surface area contributed by atoms with Gasteiger partial charge in [0.15, 0.2) is 0 Å². The Morgan fingerprint density at radius 1 is 1.29 bits per heavy atom. The molecule has 1 aromatic heterocycles. The molecular weight excluding hydrogens is 380 g/mol. The number of aliphatic carboxylic acids is 1. The summed E-state index contributed by atoms with van der Waals surface area (Å²) in [5, 5.41) is 11.7. The first-order valence-electron chi connectivity index (χ1n) is 9.35. The predicted octanol–water partition coefficient (Wildman–Crippen LogP) is 3.29. The van der Waals surface area contributed by atoms with Gasteiger partial charge in [0, 0.05) is 37.7 Å². The summed E-state index contributed by atoms with van der Waals surface area (Å²) in [5.74, 6) is -0.102. The van der Waals surface area contributed by atoms with Crippen LogP contribution in [0.25, 0.3) is 11.3 Å². The van der Waals surface area contributed by atoms with Crippen LogP contribution in [0.3, 0.4) is 0 Å². The van der Waals surface area contributed by atoms with Gasteiger partial charge in [-0.1, -0.05) is 24.3 Å². The van der Waals surface area contributed by atoms with E-state index in [0.29, 0.717) is 12.8 Å². The van der Waals surface area contributed by atoms with Crippen molar-refractivity contribution in [3.05, 3.63) is 41.9 Å². The highest BCUT2D eigenvalue weighted by Gasteiger charge is 2.16. The third-order valence-corrected chi connectivity index (χ3v) is 4.86. The molecule has 0 bridgehead atoms. The number of hydrogen-bond acceptors (Lipinski definition) is 4. The van der Waals surface area contributed by atoms with Crippen LogP contribution in [0.1, 0.15) is 51.0 Å². The summed E-state index contributed by atoms with van der Waals surface area (Å²) in [6.45, 7) is 6.21. The Morgan fingerprint density at radius 2 is 1.96 bits per heavy atom. The molecule has 1 heterocycles. The van der Waals surface area contributed by atoms with Gasteiger partial charge in [-0.2, -0.15) is 0 Å². The lowest BCUT2D eigenvalue weighted by Gasteiger charge is -2.13. The Balaban J connectivity index is 2.13. The van der Waals surface area contributed by atoms with Crippen LogP contribution in [0.15, 0.2) is 30.5 Å². The van der Waals surface area contributed by atoms with E-state index in [0.717, 1.165) is 29.2 Å². The Kier molecular flexibility index (Phi) is 8.02. The molecule has 0 saturated heterocycles. The van der Waals surface area contributed by atoms with E-state index in [1.54, 1.807) is 0 Å². The standard InChI is InChI=1S/C20H27ClN4O3/c1-4-25-12-18(23-20(25)13(2)22-14(3)26)16-7-5-15(6-8-16)11-17(24-21)9-10-19(27)28/h5-8,12-13,17,24H,4,9-11H2,1-3H3,(H,22,26)(H,27,28)/t13-,17-/m1/s1. The molecule has 8 heteroatoms. The topological polar surface area (TPSA) is 96.2 Å². The Bertz CT molecular complexity index is 804. The molecule has 0 aliphatic heterocycles. The van der Waals surface area contributed by atoms with Crippen LogP contribution >= 0.6 is 11.8 Å². The minimum Gasteiger partial charge on any atom is -0.481 e. The molecule has 152 valence electrons. The van der Waals surface area contributed by atoms with Crippen LogP contribution < -0.4 is 10.2 Å². The number of carbonyl (C=O) groups is 2. The van der Waals surface area contributed by atoms with Crippen molar-refractivity contribution in [2.75, 3.05) is 0 Å². The highest BCUT2D eigenvalue weighted by atomic mass is 35.5. The van der Waals surface area contributed by atoms with Crippen LogP contribution in [0.4, 0.5) is 0 Å². The minimum atomic E-state index is -0.830. The van der Waals surface area contributed by atoms with Crippen molar-refractivity contribution in [3.63, 3.8) is 0 Å². The number of benzene rings is 1. The Labute approximate surface area is 170 Å². The number of hydrogen-bond donors (Lipinski definition) is 3. The fraction of sp³-hybridized carbons (Fsp3) is 0.450. The highest BCUT2D eigenvalue weighted by Crippen LogP contribution is 2.23. The van der Waals surface area contributed by atoms with Crippen molar-refractivity contribution in [2.45, 2.75) is 58.7 Å². The molecule has 28 heavy (non-hydrogen) atoms. The van der Waals surface area contributed by atoms with Crippen LogP contribution in [0.2, 0.25) is 0 Å². The van der Waals surface area contributed by atoms with E-state index in [-0.39, 0.29) is 24.4 Å². The van der Waals surface area contributed by atoms with Crippen molar-refractivity contribution >= 4 is 23.7 Å². The minimum absolute atomic E-state index is 0.0756. The molecule has 0 fully saturated rings. The number of carboxylic acids is 1. The van der Waals surface area contributed by atoms with Gasteiger partial charge in [-0.25, -0.2) is 9.82 Å². The first-order valence-corrected chi connectivity index (χ1v) is 9.73. The average molecular weight is 407 g/mol. The van der Waals surface area contributed by atoms with E-state index in [2.05, 4.69) is 10.2 Å². The molecule has 0 saturated carbocycles.